The minimum atomic E-state index is -0.314. The highest BCUT2D eigenvalue weighted by atomic mass is 16.2. The Labute approximate surface area is 101 Å². The molecule has 1 rings (SSSR count). The van der Waals surface area contributed by atoms with Gasteiger partial charge < -0.3 is 10.3 Å². The van der Waals surface area contributed by atoms with Gasteiger partial charge in [0.1, 0.15) is 0 Å². The SMILES string of the molecule is CCC(C)(C)C(=O)NCCc1ccc(=O)[nH]c1. The van der Waals surface area contributed by atoms with Gasteiger partial charge in [-0.2, -0.15) is 0 Å². The second-order valence-corrected chi connectivity index (χ2v) is 4.80. The fraction of sp³-hybridized carbons (Fsp3) is 0.538. The van der Waals surface area contributed by atoms with Gasteiger partial charge in [-0.1, -0.05) is 26.8 Å². The second-order valence-electron chi connectivity index (χ2n) is 4.80. The van der Waals surface area contributed by atoms with Crippen LogP contribution in [0.1, 0.15) is 32.8 Å². The molecule has 0 bridgehead atoms. The number of aromatic nitrogens is 1. The number of nitrogens with one attached hydrogen (secondary N) is 2. The Bertz CT molecular complexity index is 415. The molecule has 0 aliphatic rings. The maximum absolute atomic E-state index is 11.8. The lowest BCUT2D eigenvalue weighted by atomic mass is 9.89. The van der Waals surface area contributed by atoms with Crippen molar-refractivity contribution in [1.29, 1.82) is 0 Å². The van der Waals surface area contributed by atoms with Crippen LogP contribution in [-0.2, 0) is 11.2 Å². The summed E-state index contributed by atoms with van der Waals surface area (Å²) in [6.45, 7) is 6.46. The third-order valence-electron chi connectivity index (χ3n) is 3.05. The van der Waals surface area contributed by atoms with E-state index in [0.717, 1.165) is 18.4 Å². The standard InChI is InChI=1S/C13H20N2O2/c1-4-13(2,3)12(17)14-8-7-10-5-6-11(16)15-9-10/h5-6,9H,4,7-8H2,1-3H3,(H,14,17)(H,15,16). The highest BCUT2D eigenvalue weighted by Crippen LogP contribution is 2.19. The van der Waals surface area contributed by atoms with E-state index in [1.807, 2.05) is 20.8 Å². The molecule has 1 amide bonds. The summed E-state index contributed by atoms with van der Waals surface area (Å²) in [4.78, 5) is 25.2. The van der Waals surface area contributed by atoms with Crippen molar-refractivity contribution in [2.45, 2.75) is 33.6 Å². The summed E-state index contributed by atoms with van der Waals surface area (Å²) < 4.78 is 0. The Balaban J connectivity index is 2.41. The number of pyridine rings is 1. The van der Waals surface area contributed by atoms with Crippen LogP contribution in [0.15, 0.2) is 23.1 Å². The zero-order chi connectivity index (χ0) is 12.9. The molecule has 0 spiro atoms. The van der Waals surface area contributed by atoms with Gasteiger partial charge >= 0.3 is 0 Å². The largest absolute Gasteiger partial charge is 0.355 e. The molecule has 17 heavy (non-hydrogen) atoms. The van der Waals surface area contributed by atoms with Crippen molar-refractivity contribution in [3.63, 3.8) is 0 Å². The third-order valence-corrected chi connectivity index (χ3v) is 3.05. The van der Waals surface area contributed by atoms with Crippen molar-refractivity contribution in [2.75, 3.05) is 6.54 Å². The average molecular weight is 236 g/mol. The van der Waals surface area contributed by atoms with E-state index in [9.17, 15) is 9.59 Å². The van der Waals surface area contributed by atoms with E-state index < -0.39 is 0 Å². The van der Waals surface area contributed by atoms with Gasteiger partial charge in [0.2, 0.25) is 11.5 Å². The van der Waals surface area contributed by atoms with Crippen LogP contribution in [0.3, 0.4) is 0 Å². The highest BCUT2D eigenvalue weighted by Gasteiger charge is 2.24. The molecule has 0 aromatic carbocycles. The third kappa shape index (κ3) is 4.06. The molecule has 0 aliphatic heterocycles. The molecule has 0 fully saturated rings. The number of H-pyrrole nitrogens is 1. The van der Waals surface area contributed by atoms with Crippen LogP contribution in [-0.4, -0.2) is 17.4 Å². The Morgan fingerprint density at radius 1 is 1.41 bits per heavy atom. The zero-order valence-electron chi connectivity index (χ0n) is 10.7. The average Bonchev–Trinajstić information content (AvgIpc) is 2.31. The minimum Gasteiger partial charge on any atom is -0.355 e. The first kappa shape index (κ1) is 13.5. The monoisotopic (exact) mass is 236 g/mol. The normalized spacial score (nSPS) is 11.2. The smallest absolute Gasteiger partial charge is 0.247 e. The van der Waals surface area contributed by atoms with E-state index in [0.29, 0.717) is 6.54 Å². The molecule has 1 heterocycles. The Morgan fingerprint density at radius 2 is 2.12 bits per heavy atom. The number of hydrogen-bond donors (Lipinski definition) is 2. The molecule has 0 radical (unpaired) electrons. The predicted octanol–water partition coefficient (Wildman–Crippen LogP) is 1.47. The van der Waals surface area contributed by atoms with Gasteiger partial charge in [-0.3, -0.25) is 9.59 Å². The van der Waals surface area contributed by atoms with E-state index in [2.05, 4.69) is 10.3 Å². The van der Waals surface area contributed by atoms with Gasteiger partial charge in [0.15, 0.2) is 0 Å². The fourth-order valence-corrected chi connectivity index (χ4v) is 1.32. The van der Waals surface area contributed by atoms with E-state index >= 15 is 0 Å². The molecular weight excluding hydrogens is 216 g/mol. The molecule has 0 atom stereocenters. The molecular formula is C13H20N2O2. The van der Waals surface area contributed by atoms with E-state index in [1.165, 1.54) is 6.07 Å². The number of aromatic amines is 1. The van der Waals surface area contributed by atoms with Crippen LogP contribution >= 0.6 is 0 Å². The number of carbonyl (C=O) groups excluding carboxylic acids is 1. The van der Waals surface area contributed by atoms with Crippen molar-refractivity contribution >= 4 is 5.91 Å². The minimum absolute atomic E-state index is 0.0735. The first-order valence-corrected chi connectivity index (χ1v) is 5.91. The first-order valence-electron chi connectivity index (χ1n) is 5.91. The molecule has 1 aromatic heterocycles. The van der Waals surface area contributed by atoms with Gasteiger partial charge in [-0.05, 0) is 18.4 Å². The van der Waals surface area contributed by atoms with Crippen LogP contribution in [0.25, 0.3) is 0 Å². The topological polar surface area (TPSA) is 62.0 Å². The maximum Gasteiger partial charge on any atom is 0.247 e. The van der Waals surface area contributed by atoms with Crippen LogP contribution < -0.4 is 10.9 Å². The quantitative estimate of drug-likeness (QED) is 0.813. The molecule has 1 aromatic rings. The van der Waals surface area contributed by atoms with Gasteiger partial charge in [-0.15, -0.1) is 0 Å². The lowest BCUT2D eigenvalue weighted by Crippen LogP contribution is -2.37. The number of carbonyl (C=O) groups is 1. The van der Waals surface area contributed by atoms with Gasteiger partial charge in [0.25, 0.3) is 0 Å². The molecule has 0 aliphatic carbocycles. The Kier molecular flexibility index (Phi) is 4.49. The summed E-state index contributed by atoms with van der Waals surface area (Å²) in [6.07, 6.45) is 3.22. The van der Waals surface area contributed by atoms with Crippen molar-refractivity contribution in [3.05, 3.63) is 34.2 Å². The lowest BCUT2D eigenvalue weighted by molar-refractivity contribution is -0.129. The molecule has 94 valence electrons. The Hall–Kier alpha value is -1.58. The summed E-state index contributed by atoms with van der Waals surface area (Å²) in [5.41, 5.74) is 0.592. The molecule has 4 heteroatoms. The summed E-state index contributed by atoms with van der Waals surface area (Å²) in [6, 6.07) is 3.27. The van der Waals surface area contributed by atoms with E-state index in [-0.39, 0.29) is 16.9 Å². The van der Waals surface area contributed by atoms with E-state index in [4.69, 9.17) is 0 Å². The van der Waals surface area contributed by atoms with Crippen molar-refractivity contribution in [2.24, 2.45) is 5.41 Å². The number of hydrogen-bond acceptors (Lipinski definition) is 2. The van der Waals surface area contributed by atoms with E-state index in [1.54, 1.807) is 12.3 Å². The lowest BCUT2D eigenvalue weighted by Gasteiger charge is -2.21. The summed E-state index contributed by atoms with van der Waals surface area (Å²) in [5, 5.41) is 2.91. The maximum atomic E-state index is 11.8. The van der Waals surface area contributed by atoms with Crippen molar-refractivity contribution in [1.82, 2.24) is 10.3 Å². The zero-order valence-corrected chi connectivity index (χ0v) is 10.7. The summed E-state index contributed by atoms with van der Waals surface area (Å²) in [5.74, 6) is 0.0735. The first-order chi connectivity index (χ1) is 7.95. The molecule has 0 unspecified atom stereocenters. The van der Waals surface area contributed by atoms with Crippen LogP contribution in [0.4, 0.5) is 0 Å². The van der Waals surface area contributed by atoms with Crippen LogP contribution in [0.5, 0.6) is 0 Å². The van der Waals surface area contributed by atoms with Gasteiger partial charge in [-0.25, -0.2) is 0 Å². The number of rotatable bonds is 5. The van der Waals surface area contributed by atoms with Crippen molar-refractivity contribution < 1.29 is 4.79 Å². The molecule has 0 saturated carbocycles. The summed E-state index contributed by atoms with van der Waals surface area (Å²) in [7, 11) is 0. The Morgan fingerprint density at radius 3 is 2.65 bits per heavy atom. The van der Waals surface area contributed by atoms with Crippen molar-refractivity contribution in [3.8, 4) is 0 Å². The highest BCUT2D eigenvalue weighted by molar-refractivity contribution is 5.81. The van der Waals surface area contributed by atoms with Gasteiger partial charge in [0, 0.05) is 24.2 Å². The predicted molar refractivity (Wildman–Crippen MR) is 67.8 cm³/mol. The molecule has 2 N–H and O–H groups in total. The molecule has 0 saturated heterocycles. The fourth-order valence-electron chi connectivity index (χ4n) is 1.32. The van der Waals surface area contributed by atoms with Crippen LogP contribution in [0.2, 0.25) is 0 Å². The second kappa shape index (κ2) is 5.66. The summed E-state index contributed by atoms with van der Waals surface area (Å²) >= 11 is 0. The van der Waals surface area contributed by atoms with Gasteiger partial charge in [0.05, 0.1) is 0 Å². The number of amides is 1. The van der Waals surface area contributed by atoms with Crippen LogP contribution in [0, 0.1) is 5.41 Å². The molecule has 4 nitrogen and oxygen atoms in total.